The van der Waals surface area contributed by atoms with Crippen LogP contribution in [0.15, 0.2) is 64.2 Å². The number of nitrogens with zero attached hydrogens (tertiary/aromatic N) is 4. The summed E-state index contributed by atoms with van der Waals surface area (Å²) in [4.78, 5) is 16.6. The molecule has 32 heavy (non-hydrogen) atoms. The van der Waals surface area contributed by atoms with Gasteiger partial charge in [0.1, 0.15) is 16.5 Å². The van der Waals surface area contributed by atoms with Crippen molar-refractivity contribution < 1.29 is 13.9 Å². The molecule has 0 atom stereocenters. The minimum Gasteiger partial charge on any atom is -0.492 e. The van der Waals surface area contributed by atoms with E-state index in [0.29, 0.717) is 13.2 Å². The van der Waals surface area contributed by atoms with E-state index in [9.17, 15) is 4.79 Å². The summed E-state index contributed by atoms with van der Waals surface area (Å²) in [7, 11) is 0. The molecule has 3 aromatic rings. The van der Waals surface area contributed by atoms with Crippen molar-refractivity contribution in [3.8, 4) is 5.75 Å². The summed E-state index contributed by atoms with van der Waals surface area (Å²) in [5, 5.41) is 12.2. The molecule has 1 amide bonds. The SMILES string of the molecule is CCOc1ccccc1N1CCN(c2ccc(SCC(=O)NCc3ccco3)nn2)CC1. The Bertz CT molecular complexity index is 989. The molecule has 168 valence electrons. The lowest BCUT2D eigenvalue weighted by Gasteiger charge is -2.37. The minimum absolute atomic E-state index is 0.0688. The number of thioether (sulfide) groups is 1. The van der Waals surface area contributed by atoms with Crippen molar-refractivity contribution in [2.45, 2.75) is 18.5 Å². The van der Waals surface area contributed by atoms with Gasteiger partial charge in [-0.15, -0.1) is 10.2 Å². The Morgan fingerprint density at radius 3 is 2.59 bits per heavy atom. The van der Waals surface area contributed by atoms with Crippen LogP contribution in [0.4, 0.5) is 11.5 Å². The first kappa shape index (κ1) is 22.0. The van der Waals surface area contributed by atoms with E-state index in [1.54, 1.807) is 12.3 Å². The smallest absolute Gasteiger partial charge is 0.230 e. The molecular weight excluding hydrogens is 426 g/mol. The number of furan rings is 1. The van der Waals surface area contributed by atoms with Gasteiger partial charge in [-0.05, 0) is 43.3 Å². The molecule has 0 radical (unpaired) electrons. The second-order valence-electron chi connectivity index (χ2n) is 7.25. The number of carbonyl (C=O) groups excluding carboxylic acids is 1. The Morgan fingerprint density at radius 2 is 1.88 bits per heavy atom. The van der Waals surface area contributed by atoms with E-state index >= 15 is 0 Å². The van der Waals surface area contributed by atoms with Crippen molar-refractivity contribution in [2.75, 3.05) is 48.3 Å². The van der Waals surface area contributed by atoms with Crippen LogP contribution in [0.2, 0.25) is 0 Å². The minimum atomic E-state index is -0.0688. The van der Waals surface area contributed by atoms with Crippen LogP contribution >= 0.6 is 11.8 Å². The maximum atomic E-state index is 12.0. The van der Waals surface area contributed by atoms with Gasteiger partial charge >= 0.3 is 0 Å². The Labute approximate surface area is 191 Å². The summed E-state index contributed by atoms with van der Waals surface area (Å²) in [5.41, 5.74) is 1.14. The first-order chi connectivity index (χ1) is 15.7. The maximum absolute atomic E-state index is 12.0. The number of hydrogen-bond donors (Lipinski definition) is 1. The normalized spacial score (nSPS) is 13.8. The number of ether oxygens (including phenoxy) is 1. The number of hydrogen-bond acceptors (Lipinski definition) is 8. The summed E-state index contributed by atoms with van der Waals surface area (Å²) in [6, 6.07) is 15.7. The van der Waals surface area contributed by atoms with E-state index in [1.165, 1.54) is 11.8 Å². The molecule has 1 aromatic carbocycles. The number of benzene rings is 1. The van der Waals surface area contributed by atoms with Crippen LogP contribution < -0.4 is 19.9 Å². The number of rotatable bonds is 9. The second-order valence-corrected chi connectivity index (χ2v) is 8.24. The largest absolute Gasteiger partial charge is 0.492 e. The Kier molecular flexibility index (Phi) is 7.50. The average molecular weight is 454 g/mol. The monoisotopic (exact) mass is 453 g/mol. The first-order valence-electron chi connectivity index (χ1n) is 10.7. The van der Waals surface area contributed by atoms with E-state index in [4.69, 9.17) is 9.15 Å². The predicted molar refractivity (Wildman–Crippen MR) is 125 cm³/mol. The zero-order valence-electron chi connectivity index (χ0n) is 18.1. The second kappa shape index (κ2) is 10.9. The van der Waals surface area contributed by atoms with Crippen molar-refractivity contribution in [1.29, 1.82) is 0 Å². The number of para-hydroxylation sites is 2. The van der Waals surface area contributed by atoms with Crippen LogP contribution in [-0.4, -0.2) is 54.6 Å². The molecule has 1 saturated heterocycles. The van der Waals surface area contributed by atoms with E-state index < -0.39 is 0 Å². The van der Waals surface area contributed by atoms with Crippen LogP contribution in [0.1, 0.15) is 12.7 Å². The maximum Gasteiger partial charge on any atom is 0.230 e. The number of piperazine rings is 1. The molecule has 0 spiro atoms. The highest BCUT2D eigenvalue weighted by molar-refractivity contribution is 7.99. The molecule has 3 heterocycles. The number of anilines is 2. The highest BCUT2D eigenvalue weighted by Gasteiger charge is 2.21. The zero-order chi connectivity index (χ0) is 22.2. The number of aromatic nitrogens is 2. The fourth-order valence-corrected chi connectivity index (χ4v) is 4.16. The summed E-state index contributed by atoms with van der Waals surface area (Å²) in [6.45, 7) is 6.53. The fourth-order valence-electron chi connectivity index (χ4n) is 3.52. The van der Waals surface area contributed by atoms with Gasteiger partial charge in [0.2, 0.25) is 5.91 Å². The molecule has 0 bridgehead atoms. The van der Waals surface area contributed by atoms with Gasteiger partial charge in [-0.2, -0.15) is 0 Å². The van der Waals surface area contributed by atoms with Crippen molar-refractivity contribution in [3.05, 3.63) is 60.6 Å². The van der Waals surface area contributed by atoms with Crippen LogP contribution in [0.25, 0.3) is 0 Å². The molecular formula is C23H27N5O3S. The fraction of sp³-hybridized carbons (Fsp3) is 0.348. The summed E-state index contributed by atoms with van der Waals surface area (Å²) < 4.78 is 11.0. The van der Waals surface area contributed by atoms with Gasteiger partial charge in [-0.1, -0.05) is 23.9 Å². The molecule has 1 aliphatic rings. The van der Waals surface area contributed by atoms with Crippen LogP contribution in [0.3, 0.4) is 0 Å². The van der Waals surface area contributed by atoms with Gasteiger partial charge in [0.25, 0.3) is 0 Å². The standard InChI is InChI=1S/C23H27N5O3S/c1-2-30-20-8-4-3-7-19(20)27-11-13-28(14-12-27)21-9-10-23(26-25-21)32-17-22(29)24-16-18-6-5-15-31-18/h3-10,15H,2,11-14,16-17H2,1H3,(H,24,29). The topological polar surface area (TPSA) is 83.7 Å². The lowest BCUT2D eigenvalue weighted by molar-refractivity contribution is -0.118. The lowest BCUT2D eigenvalue weighted by atomic mass is 10.2. The summed E-state index contributed by atoms with van der Waals surface area (Å²) >= 11 is 1.37. The lowest BCUT2D eigenvalue weighted by Crippen LogP contribution is -2.47. The molecule has 9 heteroatoms. The van der Waals surface area contributed by atoms with E-state index in [1.807, 2.05) is 43.3 Å². The highest BCUT2D eigenvalue weighted by Crippen LogP contribution is 2.29. The number of nitrogens with one attached hydrogen (secondary N) is 1. The van der Waals surface area contributed by atoms with E-state index in [0.717, 1.165) is 54.2 Å². The van der Waals surface area contributed by atoms with E-state index in [2.05, 4.69) is 31.4 Å². The quantitative estimate of drug-likeness (QED) is 0.495. The number of amides is 1. The Morgan fingerprint density at radius 1 is 1.06 bits per heavy atom. The summed E-state index contributed by atoms with van der Waals surface area (Å²) in [5.74, 6) is 2.73. The van der Waals surface area contributed by atoms with Crippen LogP contribution in [0, 0.1) is 0 Å². The van der Waals surface area contributed by atoms with Crippen LogP contribution in [-0.2, 0) is 11.3 Å². The molecule has 0 saturated carbocycles. The third-order valence-corrected chi connectivity index (χ3v) is 6.05. The highest BCUT2D eigenvalue weighted by atomic mass is 32.2. The van der Waals surface area contributed by atoms with Gasteiger partial charge in [0.15, 0.2) is 5.82 Å². The molecule has 2 aromatic heterocycles. The summed E-state index contributed by atoms with van der Waals surface area (Å²) in [6.07, 6.45) is 1.59. The number of carbonyl (C=O) groups is 1. The van der Waals surface area contributed by atoms with Gasteiger partial charge in [-0.25, -0.2) is 0 Å². The molecule has 1 aliphatic heterocycles. The van der Waals surface area contributed by atoms with Gasteiger partial charge in [0, 0.05) is 26.2 Å². The Balaban J connectivity index is 1.25. The zero-order valence-corrected chi connectivity index (χ0v) is 18.9. The third kappa shape index (κ3) is 5.73. The van der Waals surface area contributed by atoms with Crippen molar-refractivity contribution in [3.63, 3.8) is 0 Å². The van der Waals surface area contributed by atoms with Crippen molar-refractivity contribution in [2.24, 2.45) is 0 Å². The molecule has 0 unspecified atom stereocenters. The van der Waals surface area contributed by atoms with Crippen LogP contribution in [0.5, 0.6) is 5.75 Å². The molecule has 1 N–H and O–H groups in total. The average Bonchev–Trinajstić information content (AvgIpc) is 3.36. The molecule has 4 rings (SSSR count). The van der Waals surface area contributed by atoms with Gasteiger partial charge < -0.3 is 24.3 Å². The molecule has 0 aliphatic carbocycles. The first-order valence-corrected chi connectivity index (χ1v) is 11.7. The van der Waals surface area contributed by atoms with E-state index in [-0.39, 0.29) is 11.7 Å². The van der Waals surface area contributed by atoms with Gasteiger partial charge in [-0.3, -0.25) is 4.79 Å². The van der Waals surface area contributed by atoms with Crippen molar-refractivity contribution in [1.82, 2.24) is 15.5 Å². The molecule has 1 fully saturated rings. The van der Waals surface area contributed by atoms with Crippen molar-refractivity contribution >= 4 is 29.2 Å². The third-order valence-electron chi connectivity index (χ3n) is 5.13. The van der Waals surface area contributed by atoms with Gasteiger partial charge in [0.05, 0.1) is 30.9 Å². The molecule has 8 nitrogen and oxygen atoms in total. The Hall–Kier alpha value is -3.20. The predicted octanol–water partition coefficient (Wildman–Crippen LogP) is 3.20.